The summed E-state index contributed by atoms with van der Waals surface area (Å²) in [6.07, 6.45) is 2.56. The van der Waals surface area contributed by atoms with E-state index in [0.29, 0.717) is 18.9 Å². The van der Waals surface area contributed by atoms with Crippen molar-refractivity contribution in [2.24, 2.45) is 0 Å². The van der Waals surface area contributed by atoms with Crippen LogP contribution in [0, 0.1) is 0 Å². The molecule has 1 aromatic rings. The molecule has 1 aromatic carbocycles. The first-order chi connectivity index (χ1) is 9.70. The summed E-state index contributed by atoms with van der Waals surface area (Å²) in [6.45, 7) is 8.10. The Morgan fingerprint density at radius 1 is 1.30 bits per heavy atom. The molecule has 1 unspecified atom stereocenters. The fraction of sp³-hybridized carbons (Fsp3) is 0.625. The molecule has 0 aliphatic carbocycles. The Morgan fingerprint density at radius 2 is 2.15 bits per heavy atom. The number of piperidine rings is 1. The van der Waals surface area contributed by atoms with Gasteiger partial charge in [-0.15, -0.1) is 0 Å². The molecule has 4 nitrogen and oxygen atoms in total. The summed E-state index contributed by atoms with van der Waals surface area (Å²) >= 11 is 0. The largest absolute Gasteiger partial charge is 0.454 e. The lowest BCUT2D eigenvalue weighted by atomic mass is 10.0. The SMILES string of the molecule is CC(C)NC1CCCN(Cc2ccc3c(c2)OCO3)C1. The van der Waals surface area contributed by atoms with Crippen LogP contribution in [0.5, 0.6) is 11.5 Å². The number of nitrogens with zero attached hydrogens (tertiary/aromatic N) is 1. The maximum absolute atomic E-state index is 5.45. The quantitative estimate of drug-likeness (QED) is 0.915. The zero-order valence-corrected chi connectivity index (χ0v) is 12.4. The number of fused-ring (bicyclic) bond motifs is 1. The smallest absolute Gasteiger partial charge is 0.231 e. The number of ether oxygens (including phenoxy) is 2. The normalized spacial score (nSPS) is 22.4. The third-order valence-electron chi connectivity index (χ3n) is 3.92. The third-order valence-corrected chi connectivity index (χ3v) is 3.92. The summed E-state index contributed by atoms with van der Waals surface area (Å²) in [4.78, 5) is 2.53. The van der Waals surface area contributed by atoms with Gasteiger partial charge in [0, 0.05) is 25.2 Å². The fourth-order valence-corrected chi connectivity index (χ4v) is 3.10. The minimum absolute atomic E-state index is 0.350. The van der Waals surface area contributed by atoms with E-state index in [9.17, 15) is 0 Å². The minimum atomic E-state index is 0.350. The molecule has 3 rings (SSSR count). The minimum Gasteiger partial charge on any atom is -0.454 e. The Hall–Kier alpha value is -1.26. The van der Waals surface area contributed by atoms with E-state index >= 15 is 0 Å². The zero-order valence-electron chi connectivity index (χ0n) is 12.4. The van der Waals surface area contributed by atoms with Gasteiger partial charge in [-0.05, 0) is 37.1 Å². The molecule has 4 heteroatoms. The highest BCUT2D eigenvalue weighted by molar-refractivity contribution is 5.44. The van der Waals surface area contributed by atoms with Gasteiger partial charge in [-0.25, -0.2) is 0 Å². The Balaban J connectivity index is 1.59. The van der Waals surface area contributed by atoms with Crippen LogP contribution < -0.4 is 14.8 Å². The highest BCUT2D eigenvalue weighted by Crippen LogP contribution is 2.33. The summed E-state index contributed by atoms with van der Waals surface area (Å²) < 4.78 is 10.8. The number of hydrogen-bond donors (Lipinski definition) is 1. The lowest BCUT2D eigenvalue weighted by molar-refractivity contribution is 0.173. The van der Waals surface area contributed by atoms with Gasteiger partial charge in [0.25, 0.3) is 0 Å². The lowest BCUT2D eigenvalue weighted by Crippen LogP contribution is -2.47. The molecule has 1 N–H and O–H groups in total. The van der Waals surface area contributed by atoms with Gasteiger partial charge in [0.1, 0.15) is 0 Å². The molecule has 0 spiro atoms. The van der Waals surface area contributed by atoms with Crippen molar-refractivity contribution in [2.45, 2.75) is 45.3 Å². The second-order valence-electron chi connectivity index (χ2n) is 6.08. The second kappa shape index (κ2) is 6.02. The molecule has 1 atom stereocenters. The van der Waals surface area contributed by atoms with Crippen LogP contribution in [0.25, 0.3) is 0 Å². The monoisotopic (exact) mass is 276 g/mol. The van der Waals surface area contributed by atoms with Gasteiger partial charge in [0.15, 0.2) is 11.5 Å². The average Bonchev–Trinajstić information content (AvgIpc) is 2.85. The van der Waals surface area contributed by atoms with Gasteiger partial charge in [-0.1, -0.05) is 19.9 Å². The second-order valence-corrected chi connectivity index (χ2v) is 6.08. The third kappa shape index (κ3) is 3.25. The fourth-order valence-electron chi connectivity index (χ4n) is 3.10. The highest BCUT2D eigenvalue weighted by atomic mass is 16.7. The number of hydrogen-bond acceptors (Lipinski definition) is 4. The maximum Gasteiger partial charge on any atom is 0.231 e. The Kier molecular flexibility index (Phi) is 4.13. The van der Waals surface area contributed by atoms with Gasteiger partial charge in [-0.3, -0.25) is 4.90 Å². The molecular weight excluding hydrogens is 252 g/mol. The van der Waals surface area contributed by atoms with Crippen LogP contribution in [0.2, 0.25) is 0 Å². The maximum atomic E-state index is 5.45. The van der Waals surface area contributed by atoms with Crippen molar-refractivity contribution in [1.82, 2.24) is 10.2 Å². The van der Waals surface area contributed by atoms with Crippen molar-refractivity contribution in [3.8, 4) is 11.5 Å². The number of likely N-dealkylation sites (tertiary alicyclic amines) is 1. The average molecular weight is 276 g/mol. The van der Waals surface area contributed by atoms with E-state index in [1.165, 1.54) is 24.9 Å². The molecule has 20 heavy (non-hydrogen) atoms. The van der Waals surface area contributed by atoms with Crippen molar-refractivity contribution >= 4 is 0 Å². The summed E-state index contributed by atoms with van der Waals surface area (Å²) in [5.74, 6) is 1.75. The van der Waals surface area contributed by atoms with Crippen molar-refractivity contribution in [1.29, 1.82) is 0 Å². The highest BCUT2D eigenvalue weighted by Gasteiger charge is 2.21. The summed E-state index contributed by atoms with van der Waals surface area (Å²) in [7, 11) is 0. The molecule has 110 valence electrons. The van der Waals surface area contributed by atoms with Crippen molar-refractivity contribution in [2.75, 3.05) is 19.9 Å². The van der Waals surface area contributed by atoms with Gasteiger partial charge in [0.2, 0.25) is 6.79 Å². The molecule has 1 fully saturated rings. The molecule has 0 bridgehead atoms. The predicted octanol–water partition coefficient (Wildman–Crippen LogP) is 2.38. The van der Waals surface area contributed by atoms with Crippen molar-refractivity contribution in [3.05, 3.63) is 23.8 Å². The van der Waals surface area contributed by atoms with Gasteiger partial charge < -0.3 is 14.8 Å². The van der Waals surface area contributed by atoms with E-state index in [-0.39, 0.29) is 0 Å². The molecule has 2 aliphatic heterocycles. The summed E-state index contributed by atoms with van der Waals surface area (Å²) in [6, 6.07) is 7.46. The van der Waals surface area contributed by atoms with E-state index in [2.05, 4.69) is 36.2 Å². The van der Waals surface area contributed by atoms with E-state index in [1.807, 2.05) is 6.07 Å². The van der Waals surface area contributed by atoms with Gasteiger partial charge in [0.05, 0.1) is 0 Å². The Bertz CT molecular complexity index is 462. The van der Waals surface area contributed by atoms with Crippen LogP contribution in [0.4, 0.5) is 0 Å². The standard InChI is InChI=1S/C16H24N2O2/c1-12(2)17-14-4-3-7-18(10-14)9-13-5-6-15-16(8-13)20-11-19-15/h5-6,8,12,14,17H,3-4,7,9-11H2,1-2H3. The van der Waals surface area contributed by atoms with Crippen LogP contribution in [-0.2, 0) is 6.54 Å². The molecule has 2 aliphatic rings. The first-order valence-electron chi connectivity index (χ1n) is 7.57. The molecule has 0 amide bonds. The zero-order chi connectivity index (χ0) is 13.9. The lowest BCUT2D eigenvalue weighted by Gasteiger charge is -2.34. The summed E-state index contributed by atoms with van der Waals surface area (Å²) in [5.41, 5.74) is 1.31. The summed E-state index contributed by atoms with van der Waals surface area (Å²) in [5, 5.41) is 3.65. The van der Waals surface area contributed by atoms with E-state index < -0.39 is 0 Å². The van der Waals surface area contributed by atoms with Crippen LogP contribution in [0.15, 0.2) is 18.2 Å². The molecular formula is C16H24N2O2. The first-order valence-corrected chi connectivity index (χ1v) is 7.57. The molecule has 0 saturated carbocycles. The topological polar surface area (TPSA) is 33.7 Å². The first kappa shape index (κ1) is 13.7. The molecule has 0 radical (unpaired) electrons. The van der Waals surface area contributed by atoms with E-state index in [4.69, 9.17) is 9.47 Å². The molecule has 2 heterocycles. The van der Waals surface area contributed by atoms with Gasteiger partial charge in [-0.2, -0.15) is 0 Å². The predicted molar refractivity (Wildman–Crippen MR) is 79.1 cm³/mol. The van der Waals surface area contributed by atoms with Gasteiger partial charge >= 0.3 is 0 Å². The number of benzene rings is 1. The van der Waals surface area contributed by atoms with Crippen molar-refractivity contribution < 1.29 is 9.47 Å². The molecule has 0 aromatic heterocycles. The van der Waals surface area contributed by atoms with Crippen LogP contribution in [0.1, 0.15) is 32.3 Å². The number of rotatable bonds is 4. The molecule has 1 saturated heterocycles. The van der Waals surface area contributed by atoms with Crippen LogP contribution in [0.3, 0.4) is 0 Å². The number of nitrogens with one attached hydrogen (secondary N) is 1. The van der Waals surface area contributed by atoms with E-state index in [0.717, 1.165) is 24.6 Å². The Labute approximate surface area is 121 Å². The Morgan fingerprint density at radius 3 is 3.00 bits per heavy atom. The van der Waals surface area contributed by atoms with Crippen LogP contribution in [-0.4, -0.2) is 36.9 Å². The van der Waals surface area contributed by atoms with E-state index in [1.54, 1.807) is 0 Å². The van der Waals surface area contributed by atoms with Crippen LogP contribution >= 0.6 is 0 Å². The van der Waals surface area contributed by atoms with Crippen molar-refractivity contribution in [3.63, 3.8) is 0 Å².